The SMILES string of the molecule is CS(=O)(=O)NC1CCN(C(=O)CCSc2nnc(-c3ccncc3)o2)CC1. The molecule has 1 aliphatic rings. The van der Waals surface area contributed by atoms with Crippen LogP contribution in [0.3, 0.4) is 0 Å². The van der Waals surface area contributed by atoms with E-state index in [2.05, 4.69) is 19.9 Å². The molecule has 2 aromatic rings. The van der Waals surface area contributed by atoms with E-state index in [0.717, 1.165) is 11.8 Å². The Morgan fingerprint density at radius 1 is 1.30 bits per heavy atom. The van der Waals surface area contributed by atoms with Gasteiger partial charge in [-0.25, -0.2) is 13.1 Å². The zero-order valence-corrected chi connectivity index (χ0v) is 16.5. The van der Waals surface area contributed by atoms with E-state index in [1.807, 2.05) is 0 Å². The average molecular weight is 412 g/mol. The summed E-state index contributed by atoms with van der Waals surface area (Å²) in [7, 11) is -3.21. The maximum absolute atomic E-state index is 12.3. The highest BCUT2D eigenvalue weighted by molar-refractivity contribution is 7.99. The number of nitrogens with zero attached hydrogens (tertiary/aromatic N) is 4. The number of aromatic nitrogens is 3. The van der Waals surface area contributed by atoms with Gasteiger partial charge in [-0.3, -0.25) is 9.78 Å². The van der Waals surface area contributed by atoms with Gasteiger partial charge in [0, 0.05) is 49.3 Å². The summed E-state index contributed by atoms with van der Waals surface area (Å²) in [6.07, 6.45) is 6.08. The van der Waals surface area contributed by atoms with Crippen molar-refractivity contribution in [2.75, 3.05) is 25.1 Å². The van der Waals surface area contributed by atoms with Crippen LogP contribution in [0, 0.1) is 0 Å². The van der Waals surface area contributed by atoms with Crippen molar-refractivity contribution in [3.8, 4) is 11.5 Å². The van der Waals surface area contributed by atoms with Gasteiger partial charge in [-0.2, -0.15) is 0 Å². The molecule has 1 fully saturated rings. The van der Waals surface area contributed by atoms with Crippen LogP contribution in [0.4, 0.5) is 0 Å². The van der Waals surface area contributed by atoms with Crippen LogP contribution in [0.1, 0.15) is 19.3 Å². The van der Waals surface area contributed by atoms with Crippen LogP contribution in [0.25, 0.3) is 11.5 Å². The number of rotatable bonds is 7. The maximum Gasteiger partial charge on any atom is 0.276 e. The standard InChI is InChI=1S/C16H21N5O4S2/c1-27(23,24)20-13-4-9-21(10-5-13)14(22)6-11-26-16-19-18-15(25-16)12-2-7-17-8-3-12/h2-3,7-8,13,20H,4-6,9-11H2,1H3. The number of likely N-dealkylation sites (tertiary alicyclic amines) is 1. The van der Waals surface area contributed by atoms with E-state index in [0.29, 0.717) is 49.2 Å². The van der Waals surface area contributed by atoms with E-state index in [4.69, 9.17) is 4.42 Å². The van der Waals surface area contributed by atoms with Crippen molar-refractivity contribution >= 4 is 27.7 Å². The van der Waals surface area contributed by atoms with Crippen LogP contribution in [-0.4, -0.2) is 65.5 Å². The highest BCUT2D eigenvalue weighted by Crippen LogP contribution is 2.23. The molecular weight excluding hydrogens is 390 g/mol. The molecule has 11 heteroatoms. The molecule has 27 heavy (non-hydrogen) atoms. The second-order valence-corrected chi connectivity index (χ2v) is 9.08. The van der Waals surface area contributed by atoms with Crippen LogP contribution in [0.15, 0.2) is 34.2 Å². The minimum atomic E-state index is -3.21. The molecule has 0 radical (unpaired) electrons. The van der Waals surface area contributed by atoms with Gasteiger partial charge in [-0.15, -0.1) is 10.2 Å². The monoisotopic (exact) mass is 411 g/mol. The molecule has 3 heterocycles. The van der Waals surface area contributed by atoms with Gasteiger partial charge in [-0.05, 0) is 25.0 Å². The van der Waals surface area contributed by atoms with Gasteiger partial charge >= 0.3 is 0 Å². The summed E-state index contributed by atoms with van der Waals surface area (Å²) in [5, 5.41) is 8.40. The highest BCUT2D eigenvalue weighted by Gasteiger charge is 2.24. The Morgan fingerprint density at radius 3 is 2.67 bits per heavy atom. The number of nitrogens with one attached hydrogen (secondary N) is 1. The first-order valence-corrected chi connectivity index (χ1v) is 11.4. The van der Waals surface area contributed by atoms with E-state index in [1.54, 1.807) is 29.4 Å². The largest absolute Gasteiger partial charge is 0.411 e. The first-order chi connectivity index (χ1) is 12.9. The predicted molar refractivity (Wildman–Crippen MR) is 100 cm³/mol. The normalized spacial score (nSPS) is 15.8. The van der Waals surface area contributed by atoms with Gasteiger partial charge in [0.2, 0.25) is 21.8 Å². The fourth-order valence-corrected chi connectivity index (χ4v) is 4.34. The van der Waals surface area contributed by atoms with E-state index >= 15 is 0 Å². The van der Waals surface area contributed by atoms with Crippen molar-refractivity contribution in [2.45, 2.75) is 30.5 Å². The number of hydrogen-bond acceptors (Lipinski definition) is 8. The third-order valence-corrected chi connectivity index (χ3v) is 5.69. The molecule has 0 aromatic carbocycles. The summed E-state index contributed by atoms with van der Waals surface area (Å²) in [5.74, 6) is 1.01. The molecule has 0 aliphatic carbocycles. The first kappa shape index (κ1) is 19.8. The van der Waals surface area contributed by atoms with Gasteiger partial charge in [0.15, 0.2) is 0 Å². The van der Waals surface area contributed by atoms with E-state index < -0.39 is 10.0 Å². The number of hydrogen-bond donors (Lipinski definition) is 1. The van der Waals surface area contributed by atoms with E-state index in [-0.39, 0.29) is 11.9 Å². The summed E-state index contributed by atoms with van der Waals surface area (Å²) in [6.45, 7) is 1.12. The van der Waals surface area contributed by atoms with Gasteiger partial charge < -0.3 is 9.32 Å². The van der Waals surface area contributed by atoms with Crippen molar-refractivity contribution in [1.29, 1.82) is 0 Å². The van der Waals surface area contributed by atoms with Crippen molar-refractivity contribution in [3.05, 3.63) is 24.5 Å². The predicted octanol–water partition coefficient (Wildman–Crippen LogP) is 1.15. The fourth-order valence-electron chi connectivity index (χ4n) is 2.81. The van der Waals surface area contributed by atoms with Crippen LogP contribution < -0.4 is 4.72 Å². The Kier molecular flexibility index (Phi) is 6.45. The number of carbonyl (C=O) groups excluding carboxylic acids is 1. The highest BCUT2D eigenvalue weighted by atomic mass is 32.2. The molecule has 9 nitrogen and oxygen atoms in total. The lowest BCUT2D eigenvalue weighted by Crippen LogP contribution is -2.46. The van der Waals surface area contributed by atoms with Crippen molar-refractivity contribution in [1.82, 2.24) is 24.8 Å². The third-order valence-electron chi connectivity index (χ3n) is 4.10. The zero-order valence-electron chi connectivity index (χ0n) is 14.9. The molecule has 1 saturated heterocycles. The molecule has 0 bridgehead atoms. The fraction of sp³-hybridized carbons (Fsp3) is 0.500. The lowest BCUT2D eigenvalue weighted by molar-refractivity contribution is -0.131. The summed E-state index contributed by atoms with van der Waals surface area (Å²) < 4.78 is 30.7. The van der Waals surface area contributed by atoms with Crippen molar-refractivity contribution in [2.24, 2.45) is 0 Å². The van der Waals surface area contributed by atoms with Crippen molar-refractivity contribution in [3.63, 3.8) is 0 Å². The third kappa shape index (κ3) is 6.01. The van der Waals surface area contributed by atoms with Crippen LogP contribution in [0.5, 0.6) is 0 Å². The number of thioether (sulfide) groups is 1. The number of piperidine rings is 1. The number of pyridine rings is 1. The zero-order chi connectivity index (χ0) is 19.3. The Morgan fingerprint density at radius 2 is 2.00 bits per heavy atom. The molecule has 1 N–H and O–H groups in total. The van der Waals surface area contributed by atoms with E-state index in [1.165, 1.54) is 11.8 Å². The topological polar surface area (TPSA) is 118 Å². The Bertz CT molecular complexity index is 864. The smallest absolute Gasteiger partial charge is 0.276 e. The van der Waals surface area contributed by atoms with Crippen molar-refractivity contribution < 1.29 is 17.6 Å². The molecule has 146 valence electrons. The van der Waals surface area contributed by atoms with Gasteiger partial charge in [0.25, 0.3) is 5.22 Å². The Balaban J connectivity index is 1.41. The average Bonchev–Trinajstić information content (AvgIpc) is 3.10. The lowest BCUT2D eigenvalue weighted by atomic mass is 10.1. The Labute approximate surface area is 162 Å². The molecular formula is C16H21N5O4S2. The second kappa shape index (κ2) is 8.81. The number of carbonyl (C=O) groups is 1. The first-order valence-electron chi connectivity index (χ1n) is 8.52. The minimum Gasteiger partial charge on any atom is -0.411 e. The van der Waals surface area contributed by atoms with E-state index in [9.17, 15) is 13.2 Å². The number of amides is 1. The minimum absolute atomic E-state index is 0.0502. The molecule has 1 aliphatic heterocycles. The summed E-state index contributed by atoms with van der Waals surface area (Å²) in [5.41, 5.74) is 0.797. The molecule has 0 atom stereocenters. The summed E-state index contributed by atoms with van der Waals surface area (Å²) >= 11 is 1.34. The molecule has 0 saturated carbocycles. The summed E-state index contributed by atoms with van der Waals surface area (Å²) in [4.78, 5) is 18.0. The Hall–Kier alpha value is -1.98. The van der Waals surface area contributed by atoms with Gasteiger partial charge in [0.05, 0.1) is 6.26 Å². The van der Waals surface area contributed by atoms with Crippen LogP contribution >= 0.6 is 11.8 Å². The van der Waals surface area contributed by atoms with Gasteiger partial charge in [0.1, 0.15) is 0 Å². The van der Waals surface area contributed by atoms with Crippen LogP contribution in [-0.2, 0) is 14.8 Å². The molecule has 3 rings (SSSR count). The molecule has 0 unspecified atom stereocenters. The van der Waals surface area contributed by atoms with Gasteiger partial charge in [-0.1, -0.05) is 11.8 Å². The molecule has 1 amide bonds. The molecule has 0 spiro atoms. The van der Waals surface area contributed by atoms with Crippen LogP contribution in [0.2, 0.25) is 0 Å². The second-order valence-electron chi connectivity index (χ2n) is 6.25. The quantitative estimate of drug-likeness (QED) is 0.674. The summed E-state index contributed by atoms with van der Waals surface area (Å²) in [6, 6.07) is 3.48. The lowest BCUT2D eigenvalue weighted by Gasteiger charge is -2.32. The maximum atomic E-state index is 12.3. The number of sulfonamides is 1. The molecule has 2 aromatic heterocycles.